The first-order valence-electron chi connectivity index (χ1n) is 7.56. The molecule has 0 heterocycles. The second-order valence-corrected chi connectivity index (χ2v) is 5.82. The lowest BCUT2D eigenvalue weighted by molar-refractivity contribution is -0.207. The molecule has 0 unspecified atom stereocenters. The summed E-state index contributed by atoms with van der Waals surface area (Å²) in [5.41, 5.74) is -2.54. The molecule has 0 aromatic heterocycles. The van der Waals surface area contributed by atoms with E-state index in [9.17, 15) is 22.8 Å². The Labute approximate surface area is 148 Å². The van der Waals surface area contributed by atoms with Crippen molar-refractivity contribution in [2.45, 2.75) is 38.5 Å². The molecular formula is C16H20ClF3N2O3. The van der Waals surface area contributed by atoms with E-state index in [0.717, 1.165) is 5.56 Å². The Balaban J connectivity index is 3.32. The molecule has 0 aliphatic carbocycles. The summed E-state index contributed by atoms with van der Waals surface area (Å²) < 4.78 is 45.7. The number of nitrogens with one attached hydrogen (secondary N) is 2. The second-order valence-electron chi connectivity index (χ2n) is 5.55. The molecule has 1 aromatic rings. The zero-order valence-corrected chi connectivity index (χ0v) is 14.8. The maximum absolute atomic E-state index is 13.7. The van der Waals surface area contributed by atoms with Gasteiger partial charge < -0.3 is 15.4 Å². The SMILES string of the molecule is CCOC(=O)[C@@](NC(=O)CCl)(Nc1ccc(C(C)C)cc1)C(F)(F)F. The predicted molar refractivity (Wildman–Crippen MR) is 88.4 cm³/mol. The van der Waals surface area contributed by atoms with Crippen molar-refractivity contribution in [1.82, 2.24) is 5.32 Å². The normalized spacial score (nSPS) is 13.9. The van der Waals surface area contributed by atoms with Crippen LogP contribution >= 0.6 is 11.6 Å². The van der Waals surface area contributed by atoms with Crippen LogP contribution in [0.2, 0.25) is 0 Å². The van der Waals surface area contributed by atoms with E-state index in [0.29, 0.717) is 0 Å². The van der Waals surface area contributed by atoms with Gasteiger partial charge in [0.25, 0.3) is 0 Å². The third-order valence-electron chi connectivity index (χ3n) is 3.36. The van der Waals surface area contributed by atoms with Crippen molar-refractivity contribution >= 4 is 29.2 Å². The van der Waals surface area contributed by atoms with Gasteiger partial charge in [0.1, 0.15) is 5.88 Å². The summed E-state index contributed by atoms with van der Waals surface area (Å²) in [6.07, 6.45) is -5.17. The zero-order chi connectivity index (χ0) is 19.3. The lowest BCUT2D eigenvalue weighted by atomic mass is 10.0. The number of carbonyl (C=O) groups excluding carboxylic acids is 2. The summed E-state index contributed by atoms with van der Waals surface area (Å²) in [6.45, 7) is 4.94. The molecule has 0 spiro atoms. The summed E-state index contributed by atoms with van der Waals surface area (Å²) in [7, 11) is 0. The standard InChI is InChI=1S/C16H20ClF3N2O3/c1-4-25-14(24)15(16(18,19)20,22-13(23)9-17)21-12-7-5-11(6-8-12)10(2)3/h5-8,10,21H,4,9H2,1-3H3,(H,22,23)/t15-/m0/s1. The molecule has 0 radical (unpaired) electrons. The number of hydrogen-bond donors (Lipinski definition) is 2. The van der Waals surface area contributed by atoms with E-state index >= 15 is 0 Å². The predicted octanol–water partition coefficient (Wildman–Crippen LogP) is 3.40. The van der Waals surface area contributed by atoms with Gasteiger partial charge in [-0.25, -0.2) is 4.79 Å². The summed E-state index contributed by atoms with van der Waals surface area (Å²) in [6, 6.07) is 6.04. The monoisotopic (exact) mass is 380 g/mol. The minimum absolute atomic E-state index is 0.00958. The molecule has 25 heavy (non-hydrogen) atoms. The topological polar surface area (TPSA) is 67.4 Å². The number of rotatable bonds is 7. The fraction of sp³-hybridized carbons (Fsp3) is 0.500. The van der Waals surface area contributed by atoms with Crippen LogP contribution in [0.4, 0.5) is 18.9 Å². The molecule has 1 amide bonds. The Bertz CT molecular complexity index is 606. The highest BCUT2D eigenvalue weighted by molar-refractivity contribution is 6.27. The van der Waals surface area contributed by atoms with Gasteiger partial charge in [-0.15, -0.1) is 11.6 Å². The Kier molecular flexibility index (Phi) is 7.10. The van der Waals surface area contributed by atoms with Gasteiger partial charge in [-0.1, -0.05) is 26.0 Å². The summed E-state index contributed by atoms with van der Waals surface area (Å²) in [4.78, 5) is 23.6. The average molecular weight is 381 g/mol. The lowest BCUT2D eigenvalue weighted by Crippen LogP contribution is -2.69. The second kappa shape index (κ2) is 8.42. The van der Waals surface area contributed by atoms with Crippen LogP contribution in [0.15, 0.2) is 24.3 Å². The summed E-state index contributed by atoms with van der Waals surface area (Å²) >= 11 is 5.29. The fourth-order valence-corrected chi connectivity index (χ4v) is 2.11. The molecule has 0 aliphatic heterocycles. The maximum atomic E-state index is 13.7. The van der Waals surface area contributed by atoms with Gasteiger partial charge >= 0.3 is 17.8 Å². The number of halogens is 4. The number of ether oxygens (including phenoxy) is 1. The molecule has 2 N–H and O–H groups in total. The average Bonchev–Trinajstić information content (AvgIpc) is 2.53. The van der Waals surface area contributed by atoms with Crippen LogP contribution in [0.25, 0.3) is 0 Å². The van der Waals surface area contributed by atoms with Gasteiger partial charge in [-0.2, -0.15) is 13.2 Å². The number of alkyl halides is 4. The summed E-state index contributed by atoms with van der Waals surface area (Å²) in [5.74, 6) is -3.40. The maximum Gasteiger partial charge on any atom is 0.441 e. The molecule has 140 valence electrons. The number of anilines is 1. The van der Waals surface area contributed by atoms with Crippen LogP contribution in [-0.2, 0) is 14.3 Å². The van der Waals surface area contributed by atoms with Crippen molar-refractivity contribution in [2.75, 3.05) is 17.8 Å². The van der Waals surface area contributed by atoms with Crippen LogP contribution in [0.1, 0.15) is 32.3 Å². The van der Waals surface area contributed by atoms with E-state index in [1.807, 2.05) is 13.8 Å². The Morgan fingerprint density at radius 2 is 1.76 bits per heavy atom. The van der Waals surface area contributed by atoms with Crippen molar-refractivity contribution in [1.29, 1.82) is 0 Å². The van der Waals surface area contributed by atoms with Crippen LogP contribution in [0.3, 0.4) is 0 Å². The van der Waals surface area contributed by atoms with Crippen molar-refractivity contribution in [3.63, 3.8) is 0 Å². The lowest BCUT2D eigenvalue weighted by Gasteiger charge is -2.35. The Morgan fingerprint density at radius 1 is 1.20 bits per heavy atom. The van der Waals surface area contributed by atoms with E-state index < -0.39 is 29.6 Å². The highest BCUT2D eigenvalue weighted by atomic mass is 35.5. The Hall–Kier alpha value is -1.96. The number of esters is 1. The van der Waals surface area contributed by atoms with Crippen LogP contribution < -0.4 is 10.6 Å². The van der Waals surface area contributed by atoms with Crippen molar-refractivity contribution in [3.05, 3.63) is 29.8 Å². The quantitative estimate of drug-likeness (QED) is 0.432. The number of benzene rings is 1. The van der Waals surface area contributed by atoms with Crippen LogP contribution in [-0.4, -0.2) is 36.2 Å². The fourth-order valence-electron chi connectivity index (χ4n) is 2.04. The van der Waals surface area contributed by atoms with Gasteiger partial charge in [0.2, 0.25) is 5.91 Å². The number of hydrogen-bond acceptors (Lipinski definition) is 4. The molecule has 0 saturated carbocycles. The van der Waals surface area contributed by atoms with E-state index in [4.69, 9.17) is 11.6 Å². The zero-order valence-electron chi connectivity index (χ0n) is 14.0. The van der Waals surface area contributed by atoms with Crippen molar-refractivity contribution < 1.29 is 27.5 Å². The Morgan fingerprint density at radius 3 is 2.16 bits per heavy atom. The minimum Gasteiger partial charge on any atom is -0.463 e. The molecule has 1 atom stereocenters. The van der Waals surface area contributed by atoms with E-state index in [-0.39, 0.29) is 18.2 Å². The van der Waals surface area contributed by atoms with Gasteiger partial charge in [0, 0.05) is 5.69 Å². The van der Waals surface area contributed by atoms with Gasteiger partial charge in [-0.3, -0.25) is 4.79 Å². The smallest absolute Gasteiger partial charge is 0.441 e. The molecule has 0 fully saturated rings. The van der Waals surface area contributed by atoms with E-state index in [1.54, 1.807) is 17.4 Å². The first-order valence-corrected chi connectivity index (χ1v) is 8.10. The molecule has 5 nitrogen and oxygen atoms in total. The molecular weight excluding hydrogens is 361 g/mol. The van der Waals surface area contributed by atoms with Gasteiger partial charge in [0.15, 0.2) is 0 Å². The summed E-state index contributed by atoms with van der Waals surface area (Å²) in [5, 5.41) is 3.67. The highest BCUT2D eigenvalue weighted by Crippen LogP contribution is 2.33. The molecule has 0 aliphatic rings. The highest BCUT2D eigenvalue weighted by Gasteiger charge is 2.63. The molecule has 9 heteroatoms. The van der Waals surface area contributed by atoms with Gasteiger partial charge in [0.05, 0.1) is 6.61 Å². The molecule has 1 rings (SSSR count). The van der Waals surface area contributed by atoms with E-state index in [2.05, 4.69) is 10.1 Å². The van der Waals surface area contributed by atoms with E-state index in [1.165, 1.54) is 19.1 Å². The van der Waals surface area contributed by atoms with Crippen LogP contribution in [0.5, 0.6) is 0 Å². The first-order chi connectivity index (χ1) is 11.6. The molecule has 1 aromatic carbocycles. The first kappa shape index (κ1) is 21.1. The van der Waals surface area contributed by atoms with Crippen molar-refractivity contribution in [3.8, 4) is 0 Å². The largest absolute Gasteiger partial charge is 0.463 e. The number of amides is 1. The minimum atomic E-state index is -5.17. The third kappa shape index (κ3) is 5.01. The number of carbonyl (C=O) groups is 2. The van der Waals surface area contributed by atoms with Crippen LogP contribution in [0, 0.1) is 0 Å². The third-order valence-corrected chi connectivity index (χ3v) is 3.61. The van der Waals surface area contributed by atoms with Gasteiger partial charge in [-0.05, 0) is 30.5 Å². The molecule has 0 saturated heterocycles. The van der Waals surface area contributed by atoms with Crippen molar-refractivity contribution in [2.24, 2.45) is 0 Å². The molecule has 0 bridgehead atoms.